The number of hydrogen-bond donors (Lipinski definition) is 1. The van der Waals surface area contributed by atoms with Crippen LogP contribution in [-0.2, 0) is 4.79 Å². The first-order valence-corrected chi connectivity index (χ1v) is 7.29. The van der Waals surface area contributed by atoms with Crippen molar-refractivity contribution in [3.05, 3.63) is 0 Å². The Morgan fingerprint density at radius 2 is 2.17 bits per heavy atom. The van der Waals surface area contributed by atoms with Gasteiger partial charge in [0.1, 0.15) is 0 Å². The van der Waals surface area contributed by atoms with E-state index in [4.69, 9.17) is 5.73 Å². The number of nitrogens with two attached hydrogens (primary N) is 1. The van der Waals surface area contributed by atoms with Gasteiger partial charge in [-0.2, -0.15) is 0 Å². The standard InChI is InChI=1S/C14H29N3O/c1-4-13-7-6-12(2)17(13)11-8-14(18)16(3)10-5-9-15/h12-13H,4-11,15H2,1-3H3. The van der Waals surface area contributed by atoms with Crippen LogP contribution < -0.4 is 5.73 Å². The van der Waals surface area contributed by atoms with Crippen LogP contribution in [0.4, 0.5) is 0 Å². The summed E-state index contributed by atoms with van der Waals surface area (Å²) in [7, 11) is 1.88. The van der Waals surface area contributed by atoms with Crippen LogP contribution in [0.5, 0.6) is 0 Å². The predicted octanol–water partition coefficient (Wildman–Crippen LogP) is 1.45. The Morgan fingerprint density at radius 1 is 1.44 bits per heavy atom. The zero-order chi connectivity index (χ0) is 13.5. The lowest BCUT2D eigenvalue weighted by Crippen LogP contribution is -2.38. The lowest BCUT2D eigenvalue weighted by Gasteiger charge is -2.28. The lowest BCUT2D eigenvalue weighted by atomic mass is 10.1. The number of likely N-dealkylation sites (tertiary alicyclic amines) is 1. The molecule has 0 aliphatic carbocycles. The molecule has 1 fully saturated rings. The summed E-state index contributed by atoms with van der Waals surface area (Å²) in [4.78, 5) is 16.3. The molecule has 106 valence electrons. The van der Waals surface area contributed by atoms with Crippen LogP contribution in [0.1, 0.15) is 46.0 Å². The maximum absolute atomic E-state index is 12.0. The minimum Gasteiger partial charge on any atom is -0.346 e. The molecule has 0 radical (unpaired) electrons. The summed E-state index contributed by atoms with van der Waals surface area (Å²) in [6, 6.07) is 1.32. The summed E-state index contributed by atoms with van der Waals surface area (Å²) >= 11 is 0. The molecule has 0 aromatic rings. The van der Waals surface area contributed by atoms with Crippen molar-refractivity contribution in [1.82, 2.24) is 9.80 Å². The molecule has 1 saturated heterocycles. The Hall–Kier alpha value is -0.610. The molecule has 1 aliphatic rings. The van der Waals surface area contributed by atoms with Gasteiger partial charge in [-0.05, 0) is 39.2 Å². The van der Waals surface area contributed by atoms with Crippen molar-refractivity contribution in [2.24, 2.45) is 5.73 Å². The second-order valence-corrected chi connectivity index (χ2v) is 5.43. The zero-order valence-electron chi connectivity index (χ0n) is 12.2. The molecule has 1 rings (SSSR count). The third kappa shape index (κ3) is 4.25. The summed E-state index contributed by atoms with van der Waals surface area (Å²) < 4.78 is 0. The van der Waals surface area contributed by atoms with Crippen LogP contribution in [0.2, 0.25) is 0 Å². The average molecular weight is 255 g/mol. The average Bonchev–Trinajstić information content (AvgIpc) is 2.73. The number of hydrogen-bond acceptors (Lipinski definition) is 3. The van der Waals surface area contributed by atoms with E-state index < -0.39 is 0 Å². The number of nitrogens with zero attached hydrogens (tertiary/aromatic N) is 2. The minimum absolute atomic E-state index is 0.248. The summed E-state index contributed by atoms with van der Waals surface area (Å²) in [6.45, 7) is 6.86. The molecule has 0 bridgehead atoms. The van der Waals surface area contributed by atoms with Crippen molar-refractivity contribution >= 4 is 5.91 Å². The van der Waals surface area contributed by atoms with Gasteiger partial charge >= 0.3 is 0 Å². The van der Waals surface area contributed by atoms with Gasteiger partial charge in [-0.1, -0.05) is 6.92 Å². The molecule has 1 heterocycles. The second kappa shape index (κ2) is 7.74. The molecular formula is C14H29N3O. The lowest BCUT2D eigenvalue weighted by molar-refractivity contribution is -0.130. The van der Waals surface area contributed by atoms with Crippen LogP contribution >= 0.6 is 0 Å². The number of carbonyl (C=O) groups is 1. The first-order chi connectivity index (χ1) is 8.60. The Balaban J connectivity index is 2.32. The van der Waals surface area contributed by atoms with E-state index in [1.54, 1.807) is 0 Å². The molecule has 4 nitrogen and oxygen atoms in total. The molecule has 2 unspecified atom stereocenters. The van der Waals surface area contributed by atoms with E-state index in [-0.39, 0.29) is 5.91 Å². The highest BCUT2D eigenvalue weighted by atomic mass is 16.2. The third-order valence-electron chi connectivity index (χ3n) is 4.13. The Morgan fingerprint density at radius 3 is 2.78 bits per heavy atom. The molecule has 1 amide bonds. The van der Waals surface area contributed by atoms with Gasteiger partial charge < -0.3 is 10.6 Å². The number of rotatable bonds is 7. The quantitative estimate of drug-likeness (QED) is 0.749. The predicted molar refractivity (Wildman–Crippen MR) is 75.4 cm³/mol. The van der Waals surface area contributed by atoms with Crippen LogP contribution in [0, 0.1) is 0 Å². The molecule has 0 spiro atoms. The Labute approximate surface area is 111 Å². The van der Waals surface area contributed by atoms with Gasteiger partial charge in [-0.15, -0.1) is 0 Å². The molecule has 0 aromatic carbocycles. The molecule has 1 aliphatic heterocycles. The van der Waals surface area contributed by atoms with Crippen LogP contribution in [0.15, 0.2) is 0 Å². The normalized spacial score (nSPS) is 24.4. The van der Waals surface area contributed by atoms with E-state index in [0.717, 1.165) is 19.5 Å². The van der Waals surface area contributed by atoms with Crippen molar-refractivity contribution in [3.63, 3.8) is 0 Å². The number of amides is 1. The fraction of sp³-hybridized carbons (Fsp3) is 0.929. The van der Waals surface area contributed by atoms with Gasteiger partial charge in [0.15, 0.2) is 0 Å². The maximum Gasteiger partial charge on any atom is 0.223 e. The maximum atomic E-state index is 12.0. The van der Waals surface area contributed by atoms with Crippen LogP contribution in [0.25, 0.3) is 0 Å². The van der Waals surface area contributed by atoms with Gasteiger partial charge in [0, 0.05) is 38.6 Å². The largest absolute Gasteiger partial charge is 0.346 e. The van der Waals surface area contributed by atoms with Crippen molar-refractivity contribution in [1.29, 1.82) is 0 Å². The van der Waals surface area contributed by atoms with Crippen LogP contribution in [-0.4, -0.2) is 54.5 Å². The smallest absolute Gasteiger partial charge is 0.223 e. The van der Waals surface area contributed by atoms with Gasteiger partial charge in [0.05, 0.1) is 0 Å². The van der Waals surface area contributed by atoms with Crippen LogP contribution in [0.3, 0.4) is 0 Å². The fourth-order valence-electron chi connectivity index (χ4n) is 2.84. The summed E-state index contributed by atoms with van der Waals surface area (Å²) in [5, 5.41) is 0. The molecule has 2 atom stereocenters. The van der Waals surface area contributed by atoms with Gasteiger partial charge in [0.25, 0.3) is 0 Å². The van der Waals surface area contributed by atoms with Gasteiger partial charge in [-0.3, -0.25) is 9.69 Å². The first-order valence-electron chi connectivity index (χ1n) is 7.29. The van der Waals surface area contributed by atoms with Gasteiger partial charge in [0.2, 0.25) is 5.91 Å². The highest BCUT2D eigenvalue weighted by molar-refractivity contribution is 5.76. The SMILES string of the molecule is CCC1CCC(C)N1CCC(=O)N(C)CCCN. The zero-order valence-corrected chi connectivity index (χ0v) is 12.2. The molecule has 0 aromatic heterocycles. The van der Waals surface area contributed by atoms with E-state index in [0.29, 0.717) is 25.0 Å². The van der Waals surface area contributed by atoms with Crippen molar-refractivity contribution in [2.45, 2.75) is 58.0 Å². The van der Waals surface area contributed by atoms with Gasteiger partial charge in [-0.25, -0.2) is 0 Å². The topological polar surface area (TPSA) is 49.6 Å². The van der Waals surface area contributed by atoms with E-state index in [2.05, 4.69) is 18.7 Å². The fourth-order valence-corrected chi connectivity index (χ4v) is 2.84. The monoisotopic (exact) mass is 255 g/mol. The number of carbonyl (C=O) groups excluding carboxylic acids is 1. The van der Waals surface area contributed by atoms with E-state index in [9.17, 15) is 4.79 Å². The molecule has 2 N–H and O–H groups in total. The summed E-state index contributed by atoms with van der Waals surface area (Å²) in [5.74, 6) is 0.248. The first kappa shape index (κ1) is 15.4. The van der Waals surface area contributed by atoms with E-state index in [1.165, 1.54) is 19.3 Å². The third-order valence-corrected chi connectivity index (χ3v) is 4.13. The molecule has 18 heavy (non-hydrogen) atoms. The highest BCUT2D eigenvalue weighted by Gasteiger charge is 2.29. The summed E-state index contributed by atoms with van der Waals surface area (Å²) in [5.41, 5.74) is 5.46. The molecular weight excluding hydrogens is 226 g/mol. The summed E-state index contributed by atoms with van der Waals surface area (Å²) in [6.07, 6.45) is 5.29. The minimum atomic E-state index is 0.248. The molecule has 0 saturated carbocycles. The van der Waals surface area contributed by atoms with E-state index >= 15 is 0 Å². The molecule has 4 heteroatoms. The van der Waals surface area contributed by atoms with Crippen molar-refractivity contribution < 1.29 is 4.79 Å². The van der Waals surface area contributed by atoms with E-state index in [1.807, 2.05) is 11.9 Å². The highest BCUT2D eigenvalue weighted by Crippen LogP contribution is 2.25. The Kier molecular flexibility index (Phi) is 6.65. The van der Waals surface area contributed by atoms with Crippen molar-refractivity contribution in [2.75, 3.05) is 26.7 Å². The van der Waals surface area contributed by atoms with Crippen molar-refractivity contribution in [3.8, 4) is 0 Å². The second-order valence-electron chi connectivity index (χ2n) is 5.43. The Bertz CT molecular complexity index is 257.